The van der Waals surface area contributed by atoms with Crippen LogP contribution in [0, 0.1) is 11.3 Å². The quantitative estimate of drug-likeness (QED) is 0.534. The number of nitrogens with zero attached hydrogens (tertiary/aromatic N) is 2. The fourth-order valence-corrected chi connectivity index (χ4v) is 4.35. The fourth-order valence-electron chi connectivity index (χ4n) is 3.32. The molecule has 0 fully saturated rings. The van der Waals surface area contributed by atoms with E-state index in [0.29, 0.717) is 0 Å². The number of anilines is 1. The summed E-state index contributed by atoms with van der Waals surface area (Å²) in [5, 5.41) is 8.49. The van der Waals surface area contributed by atoms with Gasteiger partial charge < -0.3 is 9.64 Å². The second-order valence-electron chi connectivity index (χ2n) is 6.85. The number of carbonyl (C=O) groups is 2. The zero-order valence-electron chi connectivity index (χ0n) is 16.4. The van der Waals surface area contributed by atoms with Gasteiger partial charge in [-0.2, -0.15) is 5.26 Å². The van der Waals surface area contributed by atoms with Crippen LogP contribution in [0.15, 0.2) is 53.4 Å². The van der Waals surface area contributed by atoms with Gasteiger partial charge in [-0.3, -0.25) is 4.79 Å². The third kappa shape index (κ3) is 4.67. The second-order valence-corrected chi connectivity index (χ2v) is 8.62. The van der Waals surface area contributed by atoms with Gasteiger partial charge in [-0.15, -0.1) is 0 Å². The van der Waals surface area contributed by atoms with Gasteiger partial charge in [0.15, 0.2) is 6.61 Å². The molecule has 9 heteroatoms. The lowest BCUT2D eigenvalue weighted by Gasteiger charge is -2.22. The molecule has 0 bridgehead atoms. The van der Waals surface area contributed by atoms with Gasteiger partial charge in [0, 0.05) is 24.7 Å². The molecule has 0 saturated carbocycles. The van der Waals surface area contributed by atoms with E-state index in [0.717, 1.165) is 17.7 Å². The predicted molar refractivity (Wildman–Crippen MR) is 109 cm³/mol. The first kappa shape index (κ1) is 21.5. The number of ether oxygens (including phenoxy) is 1. The van der Waals surface area contributed by atoms with Gasteiger partial charge >= 0.3 is 5.97 Å². The number of amides is 1. The van der Waals surface area contributed by atoms with Crippen molar-refractivity contribution in [1.82, 2.24) is 4.72 Å². The number of nitriles is 1. The maximum absolute atomic E-state index is 12.6. The number of hydrogen-bond acceptors (Lipinski definition) is 6. The molecule has 2 aromatic carbocycles. The summed E-state index contributed by atoms with van der Waals surface area (Å²) in [5.74, 6) is -1.04. The average molecular weight is 427 g/mol. The number of esters is 1. The van der Waals surface area contributed by atoms with E-state index in [1.807, 2.05) is 37.3 Å². The first-order chi connectivity index (χ1) is 14.3. The Balaban J connectivity index is 1.60. The Bertz CT molecular complexity index is 1090. The largest absolute Gasteiger partial charge is 0.452 e. The third-order valence-electron chi connectivity index (χ3n) is 4.73. The Labute approximate surface area is 175 Å². The molecule has 8 nitrogen and oxygen atoms in total. The minimum Gasteiger partial charge on any atom is -0.452 e. The monoisotopic (exact) mass is 427 g/mol. The van der Waals surface area contributed by atoms with Crippen LogP contribution in [0.5, 0.6) is 0 Å². The molecule has 1 N–H and O–H groups in total. The van der Waals surface area contributed by atoms with Gasteiger partial charge in [0.05, 0.1) is 16.5 Å². The molecule has 1 heterocycles. The molecule has 156 valence electrons. The molecule has 3 rings (SSSR count). The molecule has 30 heavy (non-hydrogen) atoms. The van der Waals surface area contributed by atoms with E-state index in [1.165, 1.54) is 24.3 Å². The maximum atomic E-state index is 12.6. The normalized spacial score (nSPS) is 15.3. The standard InChI is InChI=1S/C21H21N3O5S/c1-15-13-17-5-2-3-6-19(17)24(15)20(25)14-29-21(26)16-7-9-18(10-8-16)30(27,28)23-12-4-11-22/h2-3,5-10,15,23H,4,12-14H2,1H3. The van der Waals surface area contributed by atoms with E-state index in [9.17, 15) is 18.0 Å². The summed E-state index contributed by atoms with van der Waals surface area (Å²) in [5.41, 5.74) is 2.03. The highest BCUT2D eigenvalue weighted by Crippen LogP contribution is 2.31. The lowest BCUT2D eigenvalue weighted by molar-refractivity contribution is -0.122. The van der Waals surface area contributed by atoms with Crippen molar-refractivity contribution in [3.63, 3.8) is 0 Å². The lowest BCUT2D eigenvalue weighted by atomic mass is 10.1. The van der Waals surface area contributed by atoms with Crippen LogP contribution >= 0.6 is 0 Å². The summed E-state index contributed by atoms with van der Waals surface area (Å²) in [4.78, 5) is 26.5. The smallest absolute Gasteiger partial charge is 0.338 e. The van der Waals surface area contributed by atoms with E-state index < -0.39 is 22.6 Å². The van der Waals surface area contributed by atoms with Gasteiger partial charge in [0.25, 0.3) is 5.91 Å². The number of carbonyl (C=O) groups excluding carboxylic acids is 2. The Kier molecular flexibility index (Phi) is 6.50. The van der Waals surface area contributed by atoms with Crippen molar-refractivity contribution in [2.45, 2.75) is 30.7 Å². The number of benzene rings is 2. The van der Waals surface area contributed by atoms with E-state index in [4.69, 9.17) is 10.00 Å². The van der Waals surface area contributed by atoms with Crippen molar-refractivity contribution in [2.24, 2.45) is 0 Å². The van der Waals surface area contributed by atoms with E-state index in [2.05, 4.69) is 4.72 Å². The number of nitrogens with one attached hydrogen (secondary N) is 1. The highest BCUT2D eigenvalue weighted by molar-refractivity contribution is 7.89. The van der Waals surface area contributed by atoms with Crippen LogP contribution < -0.4 is 9.62 Å². The molecule has 1 atom stereocenters. The van der Waals surface area contributed by atoms with Crippen LogP contribution in [0.4, 0.5) is 5.69 Å². The lowest BCUT2D eigenvalue weighted by Crippen LogP contribution is -2.38. The van der Waals surface area contributed by atoms with Crippen LogP contribution in [0.2, 0.25) is 0 Å². The van der Waals surface area contributed by atoms with Gasteiger partial charge in [-0.05, 0) is 49.2 Å². The molecule has 2 aromatic rings. The summed E-state index contributed by atoms with van der Waals surface area (Å²) in [6.45, 7) is 1.53. The highest BCUT2D eigenvalue weighted by Gasteiger charge is 2.31. The van der Waals surface area contributed by atoms with Crippen molar-refractivity contribution >= 4 is 27.6 Å². The van der Waals surface area contributed by atoms with E-state index in [-0.39, 0.29) is 35.4 Å². The first-order valence-corrected chi connectivity index (χ1v) is 10.9. The Morgan fingerprint density at radius 3 is 2.60 bits per heavy atom. The summed E-state index contributed by atoms with van der Waals surface area (Å²) in [6.07, 6.45) is 0.798. The summed E-state index contributed by atoms with van der Waals surface area (Å²) in [7, 11) is -3.76. The maximum Gasteiger partial charge on any atom is 0.338 e. The average Bonchev–Trinajstić information content (AvgIpc) is 3.07. The number of para-hydroxylation sites is 1. The highest BCUT2D eigenvalue weighted by atomic mass is 32.2. The number of fused-ring (bicyclic) bond motifs is 1. The minimum atomic E-state index is -3.76. The molecule has 0 aliphatic carbocycles. The molecule has 1 aliphatic heterocycles. The molecule has 1 amide bonds. The van der Waals surface area contributed by atoms with Crippen molar-refractivity contribution in [3.05, 3.63) is 59.7 Å². The zero-order valence-corrected chi connectivity index (χ0v) is 17.2. The Hall–Kier alpha value is -3.22. The van der Waals surface area contributed by atoms with Gasteiger partial charge in [0.1, 0.15) is 0 Å². The Morgan fingerprint density at radius 2 is 1.90 bits per heavy atom. The van der Waals surface area contributed by atoms with Gasteiger partial charge in [-0.1, -0.05) is 18.2 Å². The van der Waals surface area contributed by atoms with E-state index >= 15 is 0 Å². The van der Waals surface area contributed by atoms with Gasteiger partial charge in [0.2, 0.25) is 10.0 Å². The van der Waals surface area contributed by atoms with Crippen molar-refractivity contribution in [3.8, 4) is 6.07 Å². The van der Waals surface area contributed by atoms with Crippen LogP contribution in [0.1, 0.15) is 29.3 Å². The summed E-state index contributed by atoms with van der Waals surface area (Å²) in [6, 6.07) is 14.6. The third-order valence-corrected chi connectivity index (χ3v) is 6.21. The molecule has 0 saturated heterocycles. The number of rotatable bonds is 7. The SMILES string of the molecule is CC1Cc2ccccc2N1C(=O)COC(=O)c1ccc(S(=O)(=O)NCCC#N)cc1. The van der Waals surface area contributed by atoms with Gasteiger partial charge in [-0.25, -0.2) is 17.9 Å². The van der Waals surface area contributed by atoms with Crippen LogP contribution in [-0.4, -0.2) is 39.5 Å². The second kappa shape index (κ2) is 9.07. The topological polar surface area (TPSA) is 117 Å². The molecule has 1 unspecified atom stereocenters. The zero-order chi connectivity index (χ0) is 21.7. The van der Waals surface area contributed by atoms with Crippen LogP contribution in [0.3, 0.4) is 0 Å². The molecular weight excluding hydrogens is 406 g/mol. The first-order valence-electron chi connectivity index (χ1n) is 9.37. The molecule has 0 radical (unpaired) electrons. The summed E-state index contributed by atoms with van der Waals surface area (Å²) < 4.78 is 31.6. The molecule has 0 spiro atoms. The van der Waals surface area contributed by atoms with E-state index in [1.54, 1.807) is 4.90 Å². The Morgan fingerprint density at radius 1 is 1.20 bits per heavy atom. The minimum absolute atomic E-state index is 0.00277. The summed E-state index contributed by atoms with van der Waals surface area (Å²) >= 11 is 0. The predicted octanol–water partition coefficient (Wildman–Crippen LogP) is 2.01. The van der Waals surface area contributed by atoms with Crippen molar-refractivity contribution in [1.29, 1.82) is 5.26 Å². The van der Waals surface area contributed by atoms with Crippen molar-refractivity contribution < 1.29 is 22.7 Å². The molecule has 0 aromatic heterocycles. The van der Waals surface area contributed by atoms with Crippen molar-refractivity contribution in [2.75, 3.05) is 18.1 Å². The number of sulfonamides is 1. The van der Waals surface area contributed by atoms with Crippen LogP contribution in [-0.2, 0) is 26.0 Å². The fraction of sp³-hybridized carbons (Fsp3) is 0.286. The molecular formula is C21H21N3O5S. The van der Waals surface area contributed by atoms with Crippen LogP contribution in [0.25, 0.3) is 0 Å². The number of hydrogen-bond donors (Lipinski definition) is 1. The molecule has 1 aliphatic rings.